The van der Waals surface area contributed by atoms with E-state index in [2.05, 4.69) is 4.90 Å². The predicted octanol–water partition coefficient (Wildman–Crippen LogP) is -0.313. The molecule has 7 bridgehead atoms. The average Bonchev–Trinajstić information content (AvgIpc) is 3.37. The van der Waals surface area contributed by atoms with Crippen molar-refractivity contribution in [2.75, 3.05) is 48.6 Å². The Kier molecular flexibility index (Phi) is 6.52. The van der Waals surface area contributed by atoms with Crippen molar-refractivity contribution in [3.05, 3.63) is 35.9 Å². The Morgan fingerprint density at radius 2 is 1.71 bits per heavy atom. The summed E-state index contributed by atoms with van der Waals surface area (Å²) >= 11 is 0. The average molecular weight is 590 g/mol. The molecule has 1 saturated heterocycles. The van der Waals surface area contributed by atoms with Crippen LogP contribution in [0.1, 0.15) is 23.2 Å². The van der Waals surface area contributed by atoms with E-state index in [1.807, 2.05) is 7.05 Å². The van der Waals surface area contributed by atoms with Gasteiger partial charge in [-0.2, -0.15) is 0 Å². The molecule has 1 heterocycles. The first-order valence-electron chi connectivity index (χ1n) is 14.9. The number of methoxy groups -OCH3 is 4. The van der Waals surface area contributed by atoms with E-state index in [9.17, 15) is 25.2 Å². The van der Waals surface area contributed by atoms with Crippen molar-refractivity contribution in [2.24, 2.45) is 34.5 Å². The third-order valence-electron chi connectivity index (χ3n) is 12.6. The Hall–Kier alpha value is -1.67. The van der Waals surface area contributed by atoms with Crippen LogP contribution in [0.4, 0.5) is 0 Å². The lowest BCUT2D eigenvalue weighted by Gasteiger charge is -2.69. The van der Waals surface area contributed by atoms with E-state index < -0.39 is 82.4 Å². The molecule has 15 atom stereocenters. The molecule has 5 aliphatic carbocycles. The molecule has 11 nitrogen and oxygen atoms in total. The third-order valence-corrected chi connectivity index (χ3v) is 12.6. The van der Waals surface area contributed by atoms with Crippen molar-refractivity contribution in [3.8, 4) is 0 Å². The summed E-state index contributed by atoms with van der Waals surface area (Å²) in [5, 5.41) is 49.4. The van der Waals surface area contributed by atoms with E-state index in [4.69, 9.17) is 23.7 Å². The van der Waals surface area contributed by atoms with Crippen LogP contribution < -0.4 is 0 Å². The van der Waals surface area contributed by atoms with Gasteiger partial charge in [-0.25, -0.2) is 4.79 Å². The number of carbonyl (C=O) groups excluding carboxylic acids is 1. The quantitative estimate of drug-likeness (QED) is 0.311. The minimum Gasteiger partial charge on any atom is -0.455 e. The van der Waals surface area contributed by atoms with Crippen molar-refractivity contribution in [1.82, 2.24) is 4.90 Å². The van der Waals surface area contributed by atoms with Gasteiger partial charge in [0.15, 0.2) is 0 Å². The van der Waals surface area contributed by atoms with Crippen LogP contribution in [-0.2, 0) is 23.7 Å². The second-order valence-electron chi connectivity index (χ2n) is 13.7. The number of ether oxygens (including phenoxy) is 5. The molecule has 5 saturated carbocycles. The Balaban J connectivity index is 1.47. The number of fused-ring (bicyclic) bond motifs is 2. The minimum atomic E-state index is -1.86. The van der Waals surface area contributed by atoms with Gasteiger partial charge >= 0.3 is 5.97 Å². The van der Waals surface area contributed by atoms with Crippen LogP contribution in [0.2, 0.25) is 0 Å². The maximum Gasteiger partial charge on any atom is 0.338 e. The Labute approximate surface area is 245 Å². The molecule has 1 spiro atoms. The molecule has 6 fully saturated rings. The van der Waals surface area contributed by atoms with E-state index in [0.717, 1.165) is 0 Å². The summed E-state index contributed by atoms with van der Waals surface area (Å²) in [7, 11) is 8.22. The monoisotopic (exact) mass is 589 g/mol. The molecule has 4 N–H and O–H groups in total. The van der Waals surface area contributed by atoms with Gasteiger partial charge in [-0.15, -0.1) is 0 Å². The molecule has 0 amide bonds. The van der Waals surface area contributed by atoms with Crippen LogP contribution in [-0.4, -0.2) is 134 Å². The molecule has 232 valence electrons. The molecule has 7 rings (SSSR count). The Morgan fingerprint density at radius 1 is 1.00 bits per heavy atom. The first-order valence-corrected chi connectivity index (χ1v) is 14.9. The number of nitrogens with zero attached hydrogens (tertiary/aromatic N) is 1. The van der Waals surface area contributed by atoms with E-state index in [0.29, 0.717) is 18.5 Å². The van der Waals surface area contributed by atoms with Crippen molar-refractivity contribution in [1.29, 1.82) is 0 Å². The largest absolute Gasteiger partial charge is 0.455 e. The molecule has 1 aromatic carbocycles. The van der Waals surface area contributed by atoms with Gasteiger partial charge in [-0.1, -0.05) is 18.2 Å². The first-order chi connectivity index (χ1) is 20.0. The molecular weight excluding hydrogens is 546 g/mol. The van der Waals surface area contributed by atoms with Crippen LogP contribution in [0.15, 0.2) is 30.3 Å². The van der Waals surface area contributed by atoms with Gasteiger partial charge in [0, 0.05) is 76.0 Å². The highest BCUT2D eigenvalue weighted by Crippen LogP contribution is 2.80. The summed E-state index contributed by atoms with van der Waals surface area (Å²) in [5.74, 6) is -2.96. The number of esters is 1. The standard InChI is InChI=1S/C31H43NO10/c1-32-13-28(14-38-2)17(33)11-18(39-3)30-16-12-29(36)25(42-27(35)15-9-7-6-8-10-15)19(16)31(37,24(34)26(29)41-5)20(23(30)32)21(40-4)22(28)30/h6-10,16-26,33-34,36-37H,11-14H2,1-5H3/t16-,17+,18-,19+,20+,21-,22+,23-,24-,25+,26-,28-,29+,30-,31+/m0/s1. The maximum atomic E-state index is 13.5. The highest BCUT2D eigenvalue weighted by atomic mass is 16.6. The molecule has 6 aliphatic rings. The lowest BCUT2D eigenvalue weighted by atomic mass is 9.42. The van der Waals surface area contributed by atoms with Crippen molar-refractivity contribution >= 4 is 5.97 Å². The lowest BCUT2D eigenvalue weighted by molar-refractivity contribution is -0.318. The summed E-state index contributed by atoms with van der Waals surface area (Å²) in [6, 6.07) is 8.22. The van der Waals surface area contributed by atoms with Crippen LogP contribution >= 0.6 is 0 Å². The van der Waals surface area contributed by atoms with Gasteiger partial charge in [0.05, 0.1) is 30.5 Å². The van der Waals surface area contributed by atoms with Gasteiger partial charge < -0.3 is 49.0 Å². The van der Waals surface area contributed by atoms with E-state index >= 15 is 0 Å². The SMILES string of the molecule is COC[C@]12CN(C)[C@H]3[C@H]4[C@H](OC)[C@H]1[C@@]3([C@@H](OC)C[C@H]2O)[C@H]1C[C@@]2(O)[C@H](OC(=O)c3ccccc3)[C@@H]1[C@]4(O)[C@@H](O)[C@@H]2OC. The first kappa shape index (κ1) is 29.1. The highest BCUT2D eigenvalue weighted by molar-refractivity contribution is 5.89. The number of hydrogen-bond acceptors (Lipinski definition) is 11. The normalized spacial score (nSPS) is 53.7. The fraction of sp³-hybridized carbons (Fsp3) is 0.774. The minimum absolute atomic E-state index is 0.102. The fourth-order valence-electron chi connectivity index (χ4n) is 11.8. The Bertz CT molecular complexity index is 1240. The van der Waals surface area contributed by atoms with Crippen LogP contribution in [0, 0.1) is 34.5 Å². The molecule has 11 heteroatoms. The van der Waals surface area contributed by atoms with Gasteiger partial charge in [0.2, 0.25) is 0 Å². The van der Waals surface area contributed by atoms with Crippen LogP contribution in [0.3, 0.4) is 0 Å². The molecule has 42 heavy (non-hydrogen) atoms. The van der Waals surface area contributed by atoms with Gasteiger partial charge in [-0.05, 0) is 31.5 Å². The number of aliphatic hydroxyl groups excluding tert-OH is 2. The zero-order chi connectivity index (χ0) is 30.0. The number of likely N-dealkylation sites (tertiary alicyclic amines) is 1. The smallest absolute Gasteiger partial charge is 0.338 e. The van der Waals surface area contributed by atoms with Crippen molar-refractivity contribution in [3.63, 3.8) is 0 Å². The number of rotatable bonds is 7. The maximum absolute atomic E-state index is 13.5. The molecular formula is C31H43NO10. The number of hydrogen-bond donors (Lipinski definition) is 4. The summed E-state index contributed by atoms with van der Waals surface area (Å²) in [5.41, 5.74) is -4.81. The number of carbonyl (C=O) groups is 1. The Morgan fingerprint density at radius 3 is 2.33 bits per heavy atom. The fourth-order valence-corrected chi connectivity index (χ4v) is 11.8. The van der Waals surface area contributed by atoms with E-state index in [-0.39, 0.29) is 25.0 Å². The van der Waals surface area contributed by atoms with Crippen molar-refractivity contribution in [2.45, 2.75) is 66.7 Å². The van der Waals surface area contributed by atoms with E-state index in [1.54, 1.807) is 51.7 Å². The highest BCUT2D eigenvalue weighted by Gasteiger charge is 2.91. The summed E-state index contributed by atoms with van der Waals surface area (Å²) in [6.45, 7) is 0.760. The summed E-state index contributed by atoms with van der Waals surface area (Å²) in [6.07, 6.45) is -5.28. The van der Waals surface area contributed by atoms with Crippen molar-refractivity contribution < 1.29 is 48.9 Å². The van der Waals surface area contributed by atoms with Gasteiger partial charge in [0.25, 0.3) is 0 Å². The third kappa shape index (κ3) is 3.05. The molecule has 0 aromatic heterocycles. The summed E-state index contributed by atoms with van der Waals surface area (Å²) in [4.78, 5) is 15.7. The summed E-state index contributed by atoms with van der Waals surface area (Å²) < 4.78 is 30.3. The van der Waals surface area contributed by atoms with Gasteiger partial charge in [-0.3, -0.25) is 0 Å². The number of aliphatic hydroxyl groups is 4. The van der Waals surface area contributed by atoms with Crippen LogP contribution in [0.25, 0.3) is 0 Å². The lowest BCUT2D eigenvalue weighted by Crippen LogP contribution is -2.80. The topological polar surface area (TPSA) is 147 Å². The number of benzene rings is 1. The second-order valence-corrected chi connectivity index (χ2v) is 13.7. The molecule has 1 aromatic rings. The second kappa shape index (κ2) is 9.42. The van der Waals surface area contributed by atoms with Crippen LogP contribution in [0.5, 0.6) is 0 Å². The van der Waals surface area contributed by atoms with E-state index in [1.165, 1.54) is 7.11 Å². The molecule has 1 aliphatic heterocycles. The molecule has 0 unspecified atom stereocenters. The predicted molar refractivity (Wildman–Crippen MR) is 146 cm³/mol. The van der Waals surface area contributed by atoms with Gasteiger partial charge in [0.1, 0.15) is 29.5 Å². The molecule has 0 radical (unpaired) electrons. The zero-order valence-electron chi connectivity index (χ0n) is 24.8. The zero-order valence-corrected chi connectivity index (χ0v) is 24.8. The number of piperidine rings is 1.